The summed E-state index contributed by atoms with van der Waals surface area (Å²) in [5, 5.41) is 5.58. The molecule has 1 aromatic heterocycles. The normalized spacial score (nSPS) is 19.2. The van der Waals surface area contributed by atoms with Crippen LogP contribution in [0.25, 0.3) is 10.9 Å². The van der Waals surface area contributed by atoms with E-state index in [0.717, 1.165) is 22.9 Å². The van der Waals surface area contributed by atoms with Crippen LogP contribution >= 0.6 is 11.6 Å². The van der Waals surface area contributed by atoms with Gasteiger partial charge in [0, 0.05) is 17.5 Å². The standard InChI is InChI=1S/C20H16ClN3O/c21-18-10-13(9-15-7-4-8-22-19(15)18)12-23-24-20(25)17-11-16(17)14-5-2-1-3-6-14/h1-10,12,16-17H,11H2,(H,24,25)/b23-12+. The predicted octanol–water partition coefficient (Wildman–Crippen LogP) is 4.14. The molecular formula is C20H16ClN3O. The van der Waals surface area contributed by atoms with E-state index < -0.39 is 0 Å². The molecule has 1 aliphatic rings. The molecule has 2 aromatic carbocycles. The zero-order valence-electron chi connectivity index (χ0n) is 13.4. The lowest BCUT2D eigenvalue weighted by molar-refractivity contribution is -0.122. The summed E-state index contributed by atoms with van der Waals surface area (Å²) in [4.78, 5) is 16.5. The van der Waals surface area contributed by atoms with Crippen molar-refractivity contribution in [2.45, 2.75) is 12.3 Å². The second-order valence-corrected chi connectivity index (χ2v) is 6.58. The molecule has 124 valence electrons. The summed E-state index contributed by atoms with van der Waals surface area (Å²) in [6.45, 7) is 0. The highest BCUT2D eigenvalue weighted by Gasteiger charge is 2.43. The van der Waals surface area contributed by atoms with E-state index in [2.05, 4.69) is 27.6 Å². The van der Waals surface area contributed by atoms with E-state index in [0.29, 0.717) is 10.9 Å². The van der Waals surface area contributed by atoms with Crippen LogP contribution in [-0.2, 0) is 4.79 Å². The van der Waals surface area contributed by atoms with Gasteiger partial charge >= 0.3 is 0 Å². The fourth-order valence-electron chi connectivity index (χ4n) is 3.05. The van der Waals surface area contributed by atoms with Crippen LogP contribution in [0.15, 0.2) is 65.9 Å². The number of nitrogens with one attached hydrogen (secondary N) is 1. The van der Waals surface area contributed by atoms with Crippen LogP contribution in [-0.4, -0.2) is 17.1 Å². The number of fused-ring (bicyclic) bond motifs is 1. The molecule has 0 radical (unpaired) electrons. The van der Waals surface area contributed by atoms with Crippen LogP contribution < -0.4 is 5.43 Å². The molecule has 1 amide bonds. The summed E-state index contributed by atoms with van der Waals surface area (Å²) < 4.78 is 0. The number of benzene rings is 2. The number of carbonyl (C=O) groups is 1. The van der Waals surface area contributed by atoms with Gasteiger partial charge in [-0.15, -0.1) is 0 Å². The smallest absolute Gasteiger partial charge is 0.243 e. The number of pyridine rings is 1. The SMILES string of the molecule is O=C(N/N=C/c1cc(Cl)c2ncccc2c1)C1CC1c1ccccc1. The second-order valence-electron chi connectivity index (χ2n) is 6.17. The van der Waals surface area contributed by atoms with Crippen molar-refractivity contribution in [1.29, 1.82) is 0 Å². The number of hydrogen-bond acceptors (Lipinski definition) is 3. The van der Waals surface area contributed by atoms with Crippen molar-refractivity contribution in [3.8, 4) is 0 Å². The van der Waals surface area contributed by atoms with E-state index in [1.54, 1.807) is 18.5 Å². The monoisotopic (exact) mass is 349 g/mol. The minimum atomic E-state index is -0.0429. The molecule has 0 spiro atoms. The van der Waals surface area contributed by atoms with E-state index in [1.165, 1.54) is 5.56 Å². The Balaban J connectivity index is 1.41. The van der Waals surface area contributed by atoms with Gasteiger partial charge < -0.3 is 0 Å². The highest BCUT2D eigenvalue weighted by Crippen LogP contribution is 2.47. The number of carbonyl (C=O) groups excluding carboxylic acids is 1. The molecule has 1 aliphatic carbocycles. The van der Waals surface area contributed by atoms with E-state index in [1.807, 2.05) is 36.4 Å². The maximum Gasteiger partial charge on any atom is 0.243 e. The van der Waals surface area contributed by atoms with Crippen LogP contribution in [0, 0.1) is 5.92 Å². The van der Waals surface area contributed by atoms with Crippen LogP contribution in [0.5, 0.6) is 0 Å². The van der Waals surface area contributed by atoms with Gasteiger partial charge in [0.1, 0.15) is 0 Å². The lowest BCUT2D eigenvalue weighted by Crippen LogP contribution is -2.20. The minimum absolute atomic E-state index is 0.00365. The van der Waals surface area contributed by atoms with Crippen LogP contribution in [0.4, 0.5) is 0 Å². The highest BCUT2D eigenvalue weighted by atomic mass is 35.5. The van der Waals surface area contributed by atoms with Gasteiger partial charge in [-0.05, 0) is 41.7 Å². The summed E-state index contributed by atoms with van der Waals surface area (Å²) in [5.41, 5.74) is 5.42. The lowest BCUT2D eigenvalue weighted by atomic mass is 10.1. The number of hydrazone groups is 1. The van der Waals surface area contributed by atoms with Gasteiger partial charge in [0.2, 0.25) is 5.91 Å². The van der Waals surface area contributed by atoms with Crippen molar-refractivity contribution in [3.63, 3.8) is 0 Å². The molecule has 4 rings (SSSR count). The third-order valence-electron chi connectivity index (χ3n) is 4.42. The molecule has 1 heterocycles. The average molecular weight is 350 g/mol. The molecule has 3 aromatic rings. The topological polar surface area (TPSA) is 54.4 Å². The number of aromatic nitrogens is 1. The average Bonchev–Trinajstić information content (AvgIpc) is 3.43. The number of rotatable bonds is 4. The maximum absolute atomic E-state index is 12.2. The number of halogens is 1. The molecule has 2 atom stereocenters. The van der Waals surface area contributed by atoms with Crippen molar-refractivity contribution in [2.24, 2.45) is 11.0 Å². The van der Waals surface area contributed by atoms with E-state index in [9.17, 15) is 4.79 Å². The summed E-state index contributed by atoms with van der Waals surface area (Å²) in [7, 11) is 0. The molecule has 1 N–H and O–H groups in total. The van der Waals surface area contributed by atoms with Gasteiger partial charge in [-0.25, -0.2) is 5.43 Å². The fraction of sp³-hybridized carbons (Fsp3) is 0.150. The van der Waals surface area contributed by atoms with Gasteiger partial charge in [-0.3, -0.25) is 9.78 Å². The zero-order chi connectivity index (χ0) is 17.2. The first kappa shape index (κ1) is 15.8. The molecule has 1 fully saturated rings. The first-order valence-corrected chi connectivity index (χ1v) is 8.52. The Morgan fingerprint density at radius 2 is 2.04 bits per heavy atom. The number of amides is 1. The Labute approximate surface area is 150 Å². The van der Waals surface area contributed by atoms with E-state index in [4.69, 9.17) is 11.6 Å². The Morgan fingerprint density at radius 1 is 1.20 bits per heavy atom. The quantitative estimate of drug-likeness (QED) is 0.568. The molecule has 5 heteroatoms. The fourth-order valence-corrected chi connectivity index (χ4v) is 3.33. The zero-order valence-corrected chi connectivity index (χ0v) is 14.1. The first-order chi connectivity index (χ1) is 12.2. The molecular weight excluding hydrogens is 334 g/mol. The van der Waals surface area contributed by atoms with Gasteiger partial charge in [-0.2, -0.15) is 5.10 Å². The summed E-state index contributed by atoms with van der Waals surface area (Å²) in [5.74, 6) is 0.264. The molecule has 2 unspecified atom stereocenters. The van der Waals surface area contributed by atoms with Crippen LogP contribution in [0.3, 0.4) is 0 Å². The van der Waals surface area contributed by atoms with Gasteiger partial charge in [0.05, 0.1) is 16.8 Å². The van der Waals surface area contributed by atoms with Crippen molar-refractivity contribution < 1.29 is 4.79 Å². The van der Waals surface area contributed by atoms with Crippen LogP contribution in [0.2, 0.25) is 5.02 Å². The summed E-state index contributed by atoms with van der Waals surface area (Å²) >= 11 is 6.24. The Hall–Kier alpha value is -2.72. The van der Waals surface area contributed by atoms with Gasteiger partial charge in [-0.1, -0.05) is 48.0 Å². The third-order valence-corrected chi connectivity index (χ3v) is 4.71. The largest absolute Gasteiger partial charge is 0.273 e. The van der Waals surface area contributed by atoms with Crippen molar-refractivity contribution in [1.82, 2.24) is 10.4 Å². The van der Waals surface area contributed by atoms with Crippen LogP contribution in [0.1, 0.15) is 23.5 Å². The summed E-state index contributed by atoms with van der Waals surface area (Å²) in [6, 6.07) is 17.6. The van der Waals surface area contributed by atoms with E-state index >= 15 is 0 Å². The molecule has 25 heavy (non-hydrogen) atoms. The van der Waals surface area contributed by atoms with E-state index in [-0.39, 0.29) is 11.8 Å². The number of hydrogen-bond donors (Lipinski definition) is 1. The maximum atomic E-state index is 12.2. The Kier molecular flexibility index (Phi) is 4.20. The molecule has 1 saturated carbocycles. The second kappa shape index (κ2) is 6.65. The first-order valence-electron chi connectivity index (χ1n) is 8.14. The molecule has 4 nitrogen and oxygen atoms in total. The number of nitrogens with zero attached hydrogens (tertiary/aromatic N) is 2. The van der Waals surface area contributed by atoms with Gasteiger partial charge in [0.15, 0.2) is 0 Å². The molecule has 0 aliphatic heterocycles. The minimum Gasteiger partial charge on any atom is -0.273 e. The lowest BCUT2D eigenvalue weighted by Gasteiger charge is -2.02. The Morgan fingerprint density at radius 3 is 2.88 bits per heavy atom. The van der Waals surface area contributed by atoms with Crippen molar-refractivity contribution >= 4 is 34.6 Å². The summed E-state index contributed by atoms with van der Waals surface area (Å²) in [6.07, 6.45) is 4.19. The van der Waals surface area contributed by atoms with Crippen molar-refractivity contribution in [3.05, 3.63) is 76.9 Å². The van der Waals surface area contributed by atoms with Gasteiger partial charge in [0.25, 0.3) is 0 Å². The predicted molar refractivity (Wildman–Crippen MR) is 99.8 cm³/mol. The van der Waals surface area contributed by atoms with Crippen molar-refractivity contribution in [2.75, 3.05) is 0 Å². The molecule has 0 saturated heterocycles. The molecule has 0 bridgehead atoms. The highest BCUT2D eigenvalue weighted by molar-refractivity contribution is 6.35. The third kappa shape index (κ3) is 3.39. The Bertz CT molecular complexity index is 956.